The molecule has 84 valence electrons. The number of rotatable bonds is 3. The largest absolute Gasteiger partial charge is 0.327 e. The van der Waals surface area contributed by atoms with Crippen molar-refractivity contribution in [1.82, 2.24) is 19.6 Å². The average molecular weight is 217 g/mol. The van der Waals surface area contributed by atoms with Gasteiger partial charge >= 0.3 is 0 Å². The number of aromatic nitrogens is 4. The van der Waals surface area contributed by atoms with Gasteiger partial charge in [-0.25, -0.2) is 0 Å². The summed E-state index contributed by atoms with van der Waals surface area (Å²) >= 11 is 0. The van der Waals surface area contributed by atoms with E-state index in [1.807, 2.05) is 17.5 Å². The van der Waals surface area contributed by atoms with Gasteiger partial charge in [0, 0.05) is 24.9 Å². The van der Waals surface area contributed by atoms with Crippen molar-refractivity contribution >= 4 is 5.65 Å². The van der Waals surface area contributed by atoms with Crippen molar-refractivity contribution in [2.45, 2.75) is 32.2 Å². The van der Waals surface area contributed by atoms with E-state index in [-0.39, 0.29) is 6.04 Å². The van der Waals surface area contributed by atoms with E-state index in [2.05, 4.69) is 15.2 Å². The highest BCUT2D eigenvalue weighted by atomic mass is 15.2. The van der Waals surface area contributed by atoms with Crippen molar-refractivity contribution in [2.24, 2.45) is 11.7 Å². The fourth-order valence-electron chi connectivity index (χ4n) is 2.05. The Hall–Kier alpha value is -1.49. The van der Waals surface area contributed by atoms with Crippen LogP contribution in [0.2, 0.25) is 0 Å². The third-order valence-electron chi connectivity index (χ3n) is 3.23. The first-order valence-corrected chi connectivity index (χ1v) is 5.66. The number of hydrogen-bond acceptors (Lipinski definition) is 4. The lowest BCUT2D eigenvalue weighted by Gasteiger charge is -2.09. The second-order valence-corrected chi connectivity index (χ2v) is 4.52. The molecular weight excluding hydrogens is 202 g/mol. The lowest BCUT2D eigenvalue weighted by molar-refractivity contribution is 0.584. The van der Waals surface area contributed by atoms with Gasteiger partial charge in [-0.1, -0.05) is 0 Å². The summed E-state index contributed by atoms with van der Waals surface area (Å²) < 4.78 is 1.96. The topological polar surface area (TPSA) is 69.1 Å². The Morgan fingerprint density at radius 3 is 3.06 bits per heavy atom. The maximum Gasteiger partial charge on any atom is 0.182 e. The minimum Gasteiger partial charge on any atom is -0.327 e. The fraction of sp³-hybridized carbons (Fsp3) is 0.545. The summed E-state index contributed by atoms with van der Waals surface area (Å²) in [5.74, 6) is 1.57. The van der Waals surface area contributed by atoms with Crippen molar-refractivity contribution in [2.75, 3.05) is 0 Å². The molecule has 0 saturated heterocycles. The van der Waals surface area contributed by atoms with Crippen LogP contribution in [0, 0.1) is 12.8 Å². The molecule has 1 aliphatic carbocycles. The standard InChI is InChI=1S/C11H15N5/c1-7-14-15-11-10(13-4-5-16(7)11)6-9(12)8-2-3-8/h4-5,8-9H,2-3,6,12H2,1H3. The lowest BCUT2D eigenvalue weighted by Crippen LogP contribution is -2.25. The summed E-state index contributed by atoms with van der Waals surface area (Å²) in [6, 6.07) is 0.218. The fourth-order valence-corrected chi connectivity index (χ4v) is 2.05. The zero-order chi connectivity index (χ0) is 11.1. The van der Waals surface area contributed by atoms with Gasteiger partial charge in [0.05, 0.1) is 5.69 Å². The summed E-state index contributed by atoms with van der Waals surface area (Å²) in [6.07, 6.45) is 6.99. The van der Waals surface area contributed by atoms with Gasteiger partial charge < -0.3 is 5.73 Å². The molecule has 0 aromatic carbocycles. The summed E-state index contributed by atoms with van der Waals surface area (Å²) in [4.78, 5) is 4.37. The Kier molecular flexibility index (Phi) is 2.14. The van der Waals surface area contributed by atoms with E-state index in [1.165, 1.54) is 12.8 Å². The number of hydrogen-bond donors (Lipinski definition) is 1. The monoisotopic (exact) mass is 217 g/mol. The van der Waals surface area contributed by atoms with Crippen LogP contribution in [-0.2, 0) is 6.42 Å². The van der Waals surface area contributed by atoms with E-state index in [1.54, 1.807) is 6.20 Å². The highest BCUT2D eigenvalue weighted by Crippen LogP contribution is 2.32. The molecule has 3 rings (SSSR count). The van der Waals surface area contributed by atoms with Crippen LogP contribution < -0.4 is 5.73 Å². The quantitative estimate of drug-likeness (QED) is 0.822. The first kappa shape index (κ1) is 9.72. The Morgan fingerprint density at radius 1 is 1.50 bits per heavy atom. The van der Waals surface area contributed by atoms with Crippen molar-refractivity contribution < 1.29 is 0 Å². The van der Waals surface area contributed by atoms with Gasteiger partial charge in [0.25, 0.3) is 0 Å². The predicted molar refractivity (Wildman–Crippen MR) is 59.9 cm³/mol. The van der Waals surface area contributed by atoms with Crippen LogP contribution in [0.25, 0.3) is 5.65 Å². The molecule has 2 N–H and O–H groups in total. The molecule has 1 fully saturated rings. The van der Waals surface area contributed by atoms with Crippen LogP contribution in [0.5, 0.6) is 0 Å². The summed E-state index contributed by atoms with van der Waals surface area (Å²) in [5.41, 5.74) is 7.92. The second-order valence-electron chi connectivity index (χ2n) is 4.52. The number of fused-ring (bicyclic) bond motifs is 1. The highest BCUT2D eigenvalue weighted by Gasteiger charge is 2.29. The van der Waals surface area contributed by atoms with Gasteiger partial charge in [-0.2, -0.15) is 0 Å². The van der Waals surface area contributed by atoms with Gasteiger partial charge in [-0.05, 0) is 25.7 Å². The molecule has 2 aromatic heterocycles. The minimum absolute atomic E-state index is 0.218. The second kappa shape index (κ2) is 3.52. The van der Waals surface area contributed by atoms with E-state index in [9.17, 15) is 0 Å². The maximum absolute atomic E-state index is 6.11. The van der Waals surface area contributed by atoms with Crippen molar-refractivity contribution in [3.63, 3.8) is 0 Å². The van der Waals surface area contributed by atoms with E-state index >= 15 is 0 Å². The molecule has 1 atom stereocenters. The zero-order valence-electron chi connectivity index (χ0n) is 9.30. The molecule has 0 spiro atoms. The average Bonchev–Trinajstić information content (AvgIpc) is 3.05. The predicted octanol–water partition coefficient (Wildman–Crippen LogP) is 0.713. The van der Waals surface area contributed by atoms with E-state index in [0.717, 1.165) is 23.6 Å². The van der Waals surface area contributed by atoms with Crippen molar-refractivity contribution in [3.8, 4) is 0 Å². The summed E-state index contributed by atoms with van der Waals surface area (Å²) in [7, 11) is 0. The van der Waals surface area contributed by atoms with Crippen molar-refractivity contribution in [1.29, 1.82) is 0 Å². The summed E-state index contributed by atoms with van der Waals surface area (Å²) in [5, 5.41) is 8.20. The molecule has 5 nitrogen and oxygen atoms in total. The van der Waals surface area contributed by atoms with Crippen LogP contribution in [0.1, 0.15) is 24.4 Å². The van der Waals surface area contributed by atoms with E-state index in [0.29, 0.717) is 5.92 Å². The molecule has 0 bridgehead atoms. The number of nitrogens with zero attached hydrogens (tertiary/aromatic N) is 4. The minimum atomic E-state index is 0.218. The smallest absolute Gasteiger partial charge is 0.182 e. The first-order chi connectivity index (χ1) is 7.75. The van der Waals surface area contributed by atoms with Crippen LogP contribution in [-0.4, -0.2) is 25.6 Å². The molecule has 16 heavy (non-hydrogen) atoms. The van der Waals surface area contributed by atoms with Gasteiger partial charge in [0.2, 0.25) is 0 Å². The van der Waals surface area contributed by atoms with Crippen LogP contribution in [0.4, 0.5) is 0 Å². The van der Waals surface area contributed by atoms with Gasteiger partial charge in [0.15, 0.2) is 5.65 Å². The lowest BCUT2D eigenvalue weighted by atomic mass is 10.1. The van der Waals surface area contributed by atoms with Gasteiger partial charge in [-0.3, -0.25) is 9.38 Å². The summed E-state index contributed by atoms with van der Waals surface area (Å²) in [6.45, 7) is 1.94. The molecule has 2 aromatic rings. The molecule has 0 aliphatic heterocycles. The molecular formula is C11H15N5. The first-order valence-electron chi connectivity index (χ1n) is 5.66. The Bertz CT molecular complexity index is 514. The maximum atomic E-state index is 6.11. The molecule has 1 aliphatic rings. The molecule has 1 saturated carbocycles. The zero-order valence-corrected chi connectivity index (χ0v) is 9.30. The Labute approximate surface area is 93.7 Å². The third kappa shape index (κ3) is 1.57. The Morgan fingerprint density at radius 2 is 2.31 bits per heavy atom. The third-order valence-corrected chi connectivity index (χ3v) is 3.23. The van der Waals surface area contributed by atoms with Crippen molar-refractivity contribution in [3.05, 3.63) is 23.9 Å². The van der Waals surface area contributed by atoms with E-state index < -0.39 is 0 Å². The molecule has 0 amide bonds. The van der Waals surface area contributed by atoms with Crippen LogP contribution in [0.15, 0.2) is 12.4 Å². The SMILES string of the molecule is Cc1nnc2c(CC(N)C3CC3)nccn12. The normalized spacial score (nSPS) is 17.9. The molecule has 5 heteroatoms. The Balaban J connectivity index is 1.96. The molecule has 1 unspecified atom stereocenters. The van der Waals surface area contributed by atoms with E-state index in [4.69, 9.17) is 5.73 Å². The van der Waals surface area contributed by atoms with Gasteiger partial charge in [0.1, 0.15) is 5.82 Å². The highest BCUT2D eigenvalue weighted by molar-refractivity contribution is 5.43. The van der Waals surface area contributed by atoms with Crippen LogP contribution in [0.3, 0.4) is 0 Å². The van der Waals surface area contributed by atoms with Gasteiger partial charge in [-0.15, -0.1) is 10.2 Å². The molecule has 0 radical (unpaired) electrons. The van der Waals surface area contributed by atoms with Crippen LogP contribution >= 0.6 is 0 Å². The molecule has 2 heterocycles. The number of aryl methyl sites for hydroxylation is 1. The number of nitrogens with two attached hydrogens (primary N) is 1.